The molecule has 1 saturated carbocycles. The van der Waals surface area contributed by atoms with Gasteiger partial charge >= 0.3 is 6.09 Å². The van der Waals surface area contributed by atoms with E-state index in [2.05, 4.69) is 36.4 Å². The maximum absolute atomic E-state index is 12.4. The predicted octanol–water partition coefficient (Wildman–Crippen LogP) is 4.13. The number of rotatable bonds is 7. The quantitative estimate of drug-likeness (QED) is 0.555. The topological polar surface area (TPSA) is 76.9 Å². The van der Waals surface area contributed by atoms with Gasteiger partial charge in [-0.15, -0.1) is 0 Å². The number of hydrogen-bond acceptors (Lipinski definition) is 6. The van der Waals surface area contributed by atoms with Gasteiger partial charge in [-0.2, -0.15) is 5.10 Å². The van der Waals surface area contributed by atoms with E-state index in [4.69, 9.17) is 14.6 Å². The van der Waals surface area contributed by atoms with Gasteiger partial charge in [-0.1, -0.05) is 30.3 Å². The molecule has 1 atom stereocenters. The molecule has 3 fully saturated rings. The summed E-state index contributed by atoms with van der Waals surface area (Å²) >= 11 is 0. The van der Waals surface area contributed by atoms with Gasteiger partial charge in [-0.3, -0.25) is 4.68 Å². The summed E-state index contributed by atoms with van der Waals surface area (Å²) in [6, 6.07) is 12.4. The van der Waals surface area contributed by atoms with Crippen LogP contribution in [0, 0.1) is 12.3 Å². The second-order valence-electron chi connectivity index (χ2n) is 11.1. The lowest BCUT2D eigenvalue weighted by atomic mass is 9.61. The highest BCUT2D eigenvalue weighted by atomic mass is 16.6. The lowest BCUT2D eigenvalue weighted by Crippen LogP contribution is -2.64. The third-order valence-corrected chi connectivity index (χ3v) is 7.92. The molecule has 0 radical (unpaired) electrons. The first kappa shape index (κ1) is 23.9. The summed E-state index contributed by atoms with van der Waals surface area (Å²) in [6.07, 6.45) is 4.57. The fourth-order valence-electron chi connectivity index (χ4n) is 6.13. The third kappa shape index (κ3) is 4.81. The van der Waals surface area contributed by atoms with Crippen LogP contribution in [0.5, 0.6) is 0 Å². The summed E-state index contributed by atoms with van der Waals surface area (Å²) in [7, 11) is 0. The number of nitrogens with zero attached hydrogens (tertiary/aromatic N) is 4. The zero-order chi connectivity index (χ0) is 24.6. The number of amides is 1. The maximum atomic E-state index is 12.4. The number of likely N-dealkylation sites (tertiary alicyclic amines) is 1. The van der Waals surface area contributed by atoms with Gasteiger partial charge < -0.3 is 24.1 Å². The van der Waals surface area contributed by atoms with Crippen LogP contribution in [-0.4, -0.2) is 64.9 Å². The summed E-state index contributed by atoms with van der Waals surface area (Å²) < 4.78 is 13.4. The molecule has 0 unspecified atom stereocenters. The van der Waals surface area contributed by atoms with E-state index in [1.807, 2.05) is 35.2 Å². The van der Waals surface area contributed by atoms with Gasteiger partial charge in [0.25, 0.3) is 0 Å². The average molecular weight is 481 g/mol. The molecule has 1 spiro atoms. The van der Waals surface area contributed by atoms with Crippen LogP contribution in [-0.2, 0) is 20.9 Å². The van der Waals surface area contributed by atoms with Crippen molar-refractivity contribution in [3.63, 3.8) is 0 Å². The van der Waals surface area contributed by atoms with Crippen LogP contribution in [0.3, 0.4) is 0 Å². The number of benzene rings is 1. The second kappa shape index (κ2) is 9.30. The Morgan fingerprint density at radius 1 is 1.17 bits per heavy atom. The van der Waals surface area contributed by atoms with Crippen molar-refractivity contribution in [1.29, 1.82) is 0 Å². The standard InChI is InChI=1S/C27H36N4O4/c1-20-13-24(30-10-9-23(34-12-11-32)16-26(30,2)3)28-31(20)22-14-27(15-22)18-29(19-27)25(33)35-17-21-7-5-4-6-8-21/h4-8,11,13,22-23H,9-10,12,14-19H2,1-3H3/t23-/m1/s1. The molecule has 188 valence electrons. The Morgan fingerprint density at radius 3 is 2.60 bits per heavy atom. The number of anilines is 1. The molecule has 8 heteroatoms. The SMILES string of the molecule is Cc1cc(N2CC[C@@H](OCC=O)CC2(C)C)nn1C1CC2(C1)CN(C(=O)OCc1ccccc1)C2. The molecule has 0 N–H and O–H groups in total. The van der Waals surface area contributed by atoms with Crippen LogP contribution in [0.15, 0.2) is 36.4 Å². The summed E-state index contributed by atoms with van der Waals surface area (Å²) in [4.78, 5) is 27.3. The normalized spacial score (nSPS) is 23.0. The van der Waals surface area contributed by atoms with E-state index in [1.54, 1.807) is 0 Å². The zero-order valence-corrected chi connectivity index (χ0v) is 21.0. The van der Waals surface area contributed by atoms with E-state index in [9.17, 15) is 9.59 Å². The Morgan fingerprint density at radius 2 is 1.91 bits per heavy atom. The monoisotopic (exact) mass is 480 g/mol. The molecule has 2 aromatic rings. The largest absolute Gasteiger partial charge is 0.445 e. The first-order chi connectivity index (χ1) is 16.8. The smallest absolute Gasteiger partial charge is 0.410 e. The molecular formula is C27H36N4O4. The van der Waals surface area contributed by atoms with Gasteiger partial charge in [0.15, 0.2) is 5.82 Å². The summed E-state index contributed by atoms with van der Waals surface area (Å²) in [5.74, 6) is 1.02. The van der Waals surface area contributed by atoms with Crippen molar-refractivity contribution in [3.05, 3.63) is 47.7 Å². The second-order valence-corrected chi connectivity index (χ2v) is 11.1. The minimum atomic E-state index is -0.219. The Kier molecular flexibility index (Phi) is 6.34. The van der Waals surface area contributed by atoms with Gasteiger partial charge in [0.1, 0.15) is 19.5 Å². The number of carbonyl (C=O) groups excluding carboxylic acids is 2. The van der Waals surface area contributed by atoms with E-state index in [0.717, 1.165) is 63.0 Å². The highest BCUT2D eigenvalue weighted by Crippen LogP contribution is 2.54. The van der Waals surface area contributed by atoms with Crippen LogP contribution >= 0.6 is 0 Å². The lowest BCUT2D eigenvalue weighted by molar-refractivity contribution is -0.114. The van der Waals surface area contributed by atoms with Crippen LogP contribution in [0.4, 0.5) is 10.6 Å². The van der Waals surface area contributed by atoms with E-state index in [1.165, 1.54) is 5.69 Å². The van der Waals surface area contributed by atoms with E-state index < -0.39 is 0 Å². The Balaban J connectivity index is 1.13. The first-order valence-electron chi connectivity index (χ1n) is 12.6. The molecule has 2 aliphatic heterocycles. The van der Waals surface area contributed by atoms with Gasteiger partial charge in [0.05, 0.1) is 12.1 Å². The fourth-order valence-corrected chi connectivity index (χ4v) is 6.13. The molecule has 35 heavy (non-hydrogen) atoms. The number of aromatic nitrogens is 2. The molecule has 3 heterocycles. The van der Waals surface area contributed by atoms with Crippen LogP contribution in [0.25, 0.3) is 0 Å². The molecule has 2 saturated heterocycles. The molecule has 3 aliphatic rings. The Hall–Kier alpha value is -2.87. The highest BCUT2D eigenvalue weighted by molar-refractivity contribution is 5.69. The van der Waals surface area contributed by atoms with E-state index in [0.29, 0.717) is 12.6 Å². The summed E-state index contributed by atoms with van der Waals surface area (Å²) in [5.41, 5.74) is 2.30. The van der Waals surface area contributed by atoms with Crippen molar-refractivity contribution in [2.75, 3.05) is 31.1 Å². The number of piperidine rings is 1. The molecular weight excluding hydrogens is 444 g/mol. The van der Waals surface area contributed by atoms with Crippen molar-refractivity contribution >= 4 is 18.2 Å². The third-order valence-electron chi connectivity index (χ3n) is 7.92. The molecule has 1 aliphatic carbocycles. The van der Waals surface area contributed by atoms with Gasteiger partial charge in [-0.05, 0) is 52.0 Å². The van der Waals surface area contributed by atoms with Gasteiger partial charge in [-0.25, -0.2) is 4.79 Å². The zero-order valence-electron chi connectivity index (χ0n) is 21.0. The number of carbonyl (C=O) groups is 2. The number of aldehydes is 1. The van der Waals surface area contributed by atoms with Gasteiger partial charge in [0.2, 0.25) is 0 Å². The molecule has 0 bridgehead atoms. The van der Waals surface area contributed by atoms with Crippen molar-refractivity contribution in [1.82, 2.24) is 14.7 Å². The first-order valence-corrected chi connectivity index (χ1v) is 12.6. The summed E-state index contributed by atoms with van der Waals surface area (Å²) in [5, 5.41) is 5.02. The molecule has 5 rings (SSSR count). The Labute approximate surface area is 207 Å². The van der Waals surface area contributed by atoms with Crippen molar-refractivity contribution < 1.29 is 19.1 Å². The molecule has 1 amide bonds. The lowest BCUT2D eigenvalue weighted by Gasteiger charge is -2.58. The van der Waals surface area contributed by atoms with E-state index >= 15 is 0 Å². The van der Waals surface area contributed by atoms with Crippen LogP contribution in [0.2, 0.25) is 0 Å². The van der Waals surface area contributed by atoms with E-state index in [-0.39, 0.29) is 29.8 Å². The number of aryl methyl sites for hydroxylation is 1. The summed E-state index contributed by atoms with van der Waals surface area (Å²) in [6.45, 7) is 9.45. The predicted molar refractivity (Wildman–Crippen MR) is 132 cm³/mol. The Bertz CT molecular complexity index is 1050. The maximum Gasteiger partial charge on any atom is 0.410 e. The number of ether oxygens (including phenoxy) is 2. The average Bonchev–Trinajstić information content (AvgIpc) is 3.15. The molecule has 1 aromatic carbocycles. The van der Waals surface area contributed by atoms with Crippen molar-refractivity contribution in [3.8, 4) is 0 Å². The van der Waals surface area contributed by atoms with Crippen LogP contribution in [0.1, 0.15) is 56.8 Å². The van der Waals surface area contributed by atoms with Crippen LogP contribution < -0.4 is 4.90 Å². The number of hydrogen-bond donors (Lipinski definition) is 0. The fraction of sp³-hybridized carbons (Fsp3) is 0.593. The minimum Gasteiger partial charge on any atom is -0.445 e. The van der Waals surface area contributed by atoms with Crippen molar-refractivity contribution in [2.24, 2.45) is 5.41 Å². The molecule has 1 aromatic heterocycles. The minimum absolute atomic E-state index is 0.0904. The van der Waals surface area contributed by atoms with Crippen molar-refractivity contribution in [2.45, 2.75) is 70.7 Å². The van der Waals surface area contributed by atoms with Gasteiger partial charge in [0, 0.05) is 42.3 Å². The highest BCUT2D eigenvalue weighted by Gasteiger charge is 2.55. The molecule has 8 nitrogen and oxygen atoms in total.